The predicted octanol–water partition coefficient (Wildman–Crippen LogP) is 4.78. The molecule has 0 spiro atoms. The molecule has 0 saturated heterocycles. The van der Waals surface area contributed by atoms with Crippen molar-refractivity contribution in [2.45, 2.75) is 31.7 Å². The van der Waals surface area contributed by atoms with E-state index in [4.69, 9.17) is 5.73 Å². The van der Waals surface area contributed by atoms with Gasteiger partial charge in [0.1, 0.15) is 5.83 Å². The number of hydrogen-bond donors (Lipinski definition) is 1. The number of aromatic nitrogens is 2. The number of hydrogen-bond acceptors (Lipinski definition) is 3. The van der Waals surface area contributed by atoms with Gasteiger partial charge in [0, 0.05) is 35.3 Å². The summed E-state index contributed by atoms with van der Waals surface area (Å²) in [6.07, 6.45) is 6.09. The summed E-state index contributed by atoms with van der Waals surface area (Å²) in [5, 5.41) is 0. The van der Waals surface area contributed by atoms with Gasteiger partial charge in [-0.2, -0.15) is 0 Å². The molecule has 3 aromatic rings. The maximum absolute atomic E-state index is 14.1. The van der Waals surface area contributed by atoms with E-state index in [2.05, 4.69) is 36.4 Å². The number of halogens is 1. The van der Waals surface area contributed by atoms with Crippen molar-refractivity contribution in [2.75, 3.05) is 12.8 Å². The molecule has 2 aromatic heterocycles. The lowest BCUT2D eigenvalue weighted by molar-refractivity contribution is 0.554. The largest absolute Gasteiger partial charge is 0.336 e. The second-order valence-corrected chi connectivity index (χ2v) is 7.26. The van der Waals surface area contributed by atoms with Gasteiger partial charge in [0.05, 0.1) is 17.6 Å². The molecular formula is C21H24FN3S. The molecule has 0 radical (unpaired) electrons. The number of nitrogens with two attached hydrogens (primary N) is 1. The molecule has 3 nitrogen and oxygen atoms in total. The van der Waals surface area contributed by atoms with E-state index in [1.165, 1.54) is 22.1 Å². The summed E-state index contributed by atoms with van der Waals surface area (Å²) in [4.78, 5) is 5.85. The average Bonchev–Trinajstić information content (AvgIpc) is 2.89. The minimum atomic E-state index is -0.219. The monoisotopic (exact) mass is 369 g/mol. The van der Waals surface area contributed by atoms with Crippen LogP contribution in [0.2, 0.25) is 0 Å². The van der Waals surface area contributed by atoms with Crippen molar-refractivity contribution in [3.05, 3.63) is 70.8 Å². The third-order valence-electron chi connectivity index (χ3n) is 4.77. The van der Waals surface area contributed by atoms with Crippen molar-refractivity contribution in [2.24, 2.45) is 5.73 Å². The van der Waals surface area contributed by atoms with E-state index < -0.39 is 0 Å². The zero-order valence-corrected chi connectivity index (χ0v) is 16.2. The van der Waals surface area contributed by atoms with Crippen LogP contribution >= 0.6 is 11.8 Å². The molecule has 0 unspecified atom stereocenters. The van der Waals surface area contributed by atoms with Gasteiger partial charge >= 0.3 is 0 Å². The lowest BCUT2D eigenvalue weighted by Crippen LogP contribution is -2.04. The van der Waals surface area contributed by atoms with Crippen LogP contribution in [0, 0.1) is 13.8 Å². The van der Waals surface area contributed by atoms with E-state index in [1.54, 1.807) is 18.0 Å². The summed E-state index contributed by atoms with van der Waals surface area (Å²) in [6.45, 7) is 4.57. The van der Waals surface area contributed by atoms with Gasteiger partial charge in [-0.3, -0.25) is 4.98 Å². The van der Waals surface area contributed by atoms with Gasteiger partial charge in [0.25, 0.3) is 0 Å². The number of thioether (sulfide) groups is 1. The second kappa shape index (κ2) is 8.06. The van der Waals surface area contributed by atoms with Gasteiger partial charge in [0.15, 0.2) is 0 Å². The van der Waals surface area contributed by atoms with E-state index in [9.17, 15) is 4.39 Å². The molecule has 0 aliphatic rings. The highest BCUT2D eigenvalue weighted by molar-refractivity contribution is 7.98. The van der Waals surface area contributed by atoms with Crippen LogP contribution in [0.3, 0.4) is 0 Å². The first-order valence-electron chi connectivity index (χ1n) is 8.66. The Hall–Kier alpha value is -2.11. The highest BCUT2D eigenvalue weighted by Crippen LogP contribution is 2.29. The third-order valence-corrected chi connectivity index (χ3v) is 5.50. The highest BCUT2D eigenvalue weighted by Gasteiger charge is 2.17. The number of pyridine rings is 1. The Labute approximate surface area is 158 Å². The average molecular weight is 370 g/mol. The summed E-state index contributed by atoms with van der Waals surface area (Å²) in [5.41, 5.74) is 12.1. The summed E-state index contributed by atoms with van der Waals surface area (Å²) in [6, 6.07) is 10.4. The first-order valence-corrected chi connectivity index (χ1v) is 9.88. The fraction of sp³-hybridized carbons (Fsp3) is 0.286. The van der Waals surface area contributed by atoms with Crippen LogP contribution in [0.25, 0.3) is 11.0 Å². The Morgan fingerprint density at radius 1 is 1.31 bits per heavy atom. The molecule has 0 aliphatic heterocycles. The molecule has 0 aliphatic carbocycles. The Morgan fingerprint density at radius 2 is 2.12 bits per heavy atom. The first kappa shape index (κ1) is 18.7. The Morgan fingerprint density at radius 3 is 2.81 bits per heavy atom. The van der Waals surface area contributed by atoms with E-state index in [-0.39, 0.29) is 18.9 Å². The molecule has 0 atom stereocenters. The topological polar surface area (TPSA) is 43.8 Å². The molecule has 0 fully saturated rings. The van der Waals surface area contributed by atoms with Crippen LogP contribution in [-0.2, 0) is 13.0 Å². The summed E-state index contributed by atoms with van der Waals surface area (Å²) in [7, 11) is 0. The maximum Gasteiger partial charge on any atom is 0.117 e. The molecule has 0 bridgehead atoms. The number of nitrogens with zero attached hydrogens (tertiary/aromatic N) is 2. The standard InChI is InChI=1S/C21H24FN3S/c1-14-11-18(26-3)7-6-16(14)12-19-15(2)25(13-17(22)8-9-23)20-5-4-10-24-21(19)20/h4-8,10-11H,9,12-13,23H2,1-3H3/b17-8-. The van der Waals surface area contributed by atoms with Gasteiger partial charge < -0.3 is 10.3 Å². The normalized spacial score (nSPS) is 12.1. The van der Waals surface area contributed by atoms with E-state index in [0.29, 0.717) is 0 Å². The van der Waals surface area contributed by atoms with Crippen molar-refractivity contribution in [1.82, 2.24) is 9.55 Å². The van der Waals surface area contributed by atoms with Crippen molar-refractivity contribution in [3.8, 4) is 0 Å². The predicted molar refractivity (Wildman–Crippen MR) is 108 cm³/mol. The highest BCUT2D eigenvalue weighted by atomic mass is 32.2. The second-order valence-electron chi connectivity index (χ2n) is 6.38. The minimum Gasteiger partial charge on any atom is -0.336 e. The first-order chi connectivity index (χ1) is 12.5. The fourth-order valence-electron chi connectivity index (χ4n) is 3.31. The molecule has 3 rings (SSSR count). The molecule has 0 amide bonds. The lowest BCUT2D eigenvalue weighted by atomic mass is 10.00. The SMILES string of the molecule is CSc1ccc(Cc2c(C)n(C/C(F)=C/CN)c3cccnc23)c(C)c1. The van der Waals surface area contributed by atoms with Gasteiger partial charge in [-0.15, -0.1) is 11.8 Å². The number of rotatable bonds is 6. The van der Waals surface area contributed by atoms with E-state index in [0.717, 1.165) is 28.7 Å². The smallest absolute Gasteiger partial charge is 0.117 e. The molecule has 26 heavy (non-hydrogen) atoms. The zero-order chi connectivity index (χ0) is 18.7. The van der Waals surface area contributed by atoms with Gasteiger partial charge in [0.2, 0.25) is 0 Å². The van der Waals surface area contributed by atoms with Crippen LogP contribution < -0.4 is 5.73 Å². The number of benzene rings is 1. The molecule has 2 N–H and O–H groups in total. The molecule has 136 valence electrons. The lowest BCUT2D eigenvalue weighted by Gasteiger charge is -2.09. The Kier molecular flexibility index (Phi) is 5.79. The zero-order valence-electron chi connectivity index (χ0n) is 15.4. The summed E-state index contributed by atoms with van der Waals surface area (Å²) in [5.74, 6) is -0.219. The maximum atomic E-state index is 14.1. The van der Waals surface area contributed by atoms with E-state index in [1.807, 2.05) is 23.6 Å². The van der Waals surface area contributed by atoms with Crippen LogP contribution in [0.1, 0.15) is 22.4 Å². The van der Waals surface area contributed by atoms with Crippen molar-refractivity contribution in [1.29, 1.82) is 0 Å². The minimum absolute atomic E-state index is 0.190. The number of aryl methyl sites for hydroxylation is 1. The summed E-state index contributed by atoms with van der Waals surface area (Å²) >= 11 is 1.74. The van der Waals surface area contributed by atoms with E-state index >= 15 is 0 Å². The van der Waals surface area contributed by atoms with Crippen molar-refractivity contribution < 1.29 is 4.39 Å². The van der Waals surface area contributed by atoms with Gasteiger partial charge in [-0.05, 0) is 61.6 Å². The van der Waals surface area contributed by atoms with Crippen LogP contribution in [0.15, 0.2) is 53.3 Å². The van der Waals surface area contributed by atoms with Gasteiger partial charge in [-0.1, -0.05) is 6.07 Å². The molecule has 1 aromatic carbocycles. The van der Waals surface area contributed by atoms with Crippen LogP contribution in [0.5, 0.6) is 0 Å². The fourth-order valence-corrected chi connectivity index (χ4v) is 3.80. The molecule has 5 heteroatoms. The van der Waals surface area contributed by atoms with Crippen LogP contribution in [-0.4, -0.2) is 22.4 Å². The molecule has 2 heterocycles. The Bertz CT molecular complexity index is 959. The number of fused-ring (bicyclic) bond motifs is 1. The quantitative estimate of drug-likeness (QED) is 0.636. The molecule has 0 saturated carbocycles. The third kappa shape index (κ3) is 3.69. The van der Waals surface area contributed by atoms with Crippen molar-refractivity contribution >= 4 is 22.8 Å². The molecular weight excluding hydrogens is 345 g/mol. The van der Waals surface area contributed by atoms with Crippen molar-refractivity contribution in [3.63, 3.8) is 0 Å². The summed E-state index contributed by atoms with van der Waals surface area (Å²) < 4.78 is 16.1. The number of allylic oxidation sites excluding steroid dienone is 1. The van der Waals surface area contributed by atoms with Crippen LogP contribution in [0.4, 0.5) is 4.39 Å². The van der Waals surface area contributed by atoms with Gasteiger partial charge in [-0.25, -0.2) is 4.39 Å². The Balaban J connectivity index is 2.06.